The molecule has 1 aromatic heterocycles. The Kier molecular flexibility index (Phi) is 4.66. The normalized spacial score (nSPS) is 21.1. The fourth-order valence-electron chi connectivity index (χ4n) is 4.60. The average Bonchev–Trinajstić information content (AvgIpc) is 3.12. The van der Waals surface area contributed by atoms with Crippen molar-refractivity contribution in [2.24, 2.45) is 5.41 Å². The van der Waals surface area contributed by atoms with Gasteiger partial charge in [0.25, 0.3) is 5.56 Å². The van der Waals surface area contributed by atoms with Gasteiger partial charge in [0.2, 0.25) is 6.79 Å². The molecule has 31 heavy (non-hydrogen) atoms. The van der Waals surface area contributed by atoms with Crippen molar-refractivity contribution in [1.29, 1.82) is 0 Å². The van der Waals surface area contributed by atoms with Crippen molar-refractivity contribution in [2.45, 2.75) is 56.9 Å². The number of thioether (sulfide) groups is 1. The molecule has 0 spiro atoms. The molecular formula is C23H25N3O4S. The van der Waals surface area contributed by atoms with Crippen molar-refractivity contribution in [3.05, 3.63) is 50.9 Å². The van der Waals surface area contributed by atoms with E-state index < -0.39 is 5.92 Å². The molecule has 1 unspecified atom stereocenters. The number of H-pyrrole nitrogens is 1. The summed E-state index contributed by atoms with van der Waals surface area (Å²) in [5, 5.41) is 4.20. The maximum Gasteiger partial charge on any atom is 0.257 e. The van der Waals surface area contributed by atoms with E-state index in [2.05, 4.69) is 38.0 Å². The number of hydrogen-bond donors (Lipinski definition) is 2. The molecule has 3 aliphatic rings. The minimum Gasteiger partial charge on any atom is -0.454 e. The summed E-state index contributed by atoms with van der Waals surface area (Å²) in [6.45, 7) is 8.45. The summed E-state index contributed by atoms with van der Waals surface area (Å²) in [4.78, 5) is 34.2. The van der Waals surface area contributed by atoms with Crippen LogP contribution in [-0.2, 0) is 4.79 Å². The van der Waals surface area contributed by atoms with Crippen LogP contribution in [0.1, 0.15) is 57.6 Å². The third-order valence-electron chi connectivity index (χ3n) is 5.78. The lowest BCUT2D eigenvalue weighted by Gasteiger charge is -2.38. The zero-order chi connectivity index (χ0) is 21.9. The van der Waals surface area contributed by atoms with Crippen LogP contribution in [-0.4, -0.2) is 27.8 Å². The van der Waals surface area contributed by atoms with Crippen LogP contribution in [0, 0.1) is 5.41 Å². The number of aromatic amines is 1. The van der Waals surface area contributed by atoms with Crippen LogP contribution in [0.4, 0.5) is 5.82 Å². The van der Waals surface area contributed by atoms with E-state index in [-0.39, 0.29) is 28.8 Å². The number of nitrogens with zero attached hydrogens (tertiary/aromatic N) is 1. The minimum atomic E-state index is -0.501. The van der Waals surface area contributed by atoms with Crippen LogP contribution in [0.2, 0.25) is 0 Å². The number of Topliss-reactive ketones (excluding diaryl/α,β-unsaturated/α-hetero) is 1. The molecule has 0 saturated heterocycles. The Bertz CT molecular complexity index is 1180. The molecule has 1 aromatic carbocycles. The second-order valence-electron chi connectivity index (χ2n) is 9.30. The second-order valence-corrected chi connectivity index (χ2v) is 10.9. The molecule has 0 fully saturated rings. The number of aromatic nitrogens is 2. The van der Waals surface area contributed by atoms with Gasteiger partial charge in [-0.05, 0) is 29.5 Å². The highest BCUT2D eigenvalue weighted by Gasteiger charge is 2.42. The van der Waals surface area contributed by atoms with E-state index in [0.717, 1.165) is 17.7 Å². The molecule has 1 aliphatic carbocycles. The molecule has 5 rings (SSSR count). The summed E-state index contributed by atoms with van der Waals surface area (Å²) in [7, 11) is 0. The Morgan fingerprint density at radius 2 is 1.94 bits per heavy atom. The quantitative estimate of drug-likeness (QED) is 0.547. The van der Waals surface area contributed by atoms with Crippen molar-refractivity contribution < 1.29 is 14.3 Å². The van der Waals surface area contributed by atoms with Crippen LogP contribution in [0.15, 0.2) is 39.4 Å². The third kappa shape index (κ3) is 3.52. The number of rotatable bonds is 3. The summed E-state index contributed by atoms with van der Waals surface area (Å²) < 4.78 is 11.0. The Balaban J connectivity index is 1.71. The zero-order valence-electron chi connectivity index (χ0n) is 18.0. The molecule has 0 amide bonds. The second kappa shape index (κ2) is 7.15. The Labute approximate surface area is 184 Å². The van der Waals surface area contributed by atoms with Crippen molar-refractivity contribution in [3.63, 3.8) is 0 Å². The first-order valence-electron chi connectivity index (χ1n) is 10.5. The largest absolute Gasteiger partial charge is 0.454 e. The van der Waals surface area contributed by atoms with Crippen LogP contribution >= 0.6 is 11.8 Å². The fraction of sp³-hybridized carbons (Fsp3) is 0.435. The smallest absolute Gasteiger partial charge is 0.257 e. The van der Waals surface area contributed by atoms with Gasteiger partial charge in [-0.2, -0.15) is 0 Å². The maximum atomic E-state index is 13.3. The van der Waals surface area contributed by atoms with Crippen LogP contribution in [0.5, 0.6) is 11.5 Å². The predicted octanol–water partition coefficient (Wildman–Crippen LogP) is 4.20. The van der Waals surface area contributed by atoms with Gasteiger partial charge in [0.15, 0.2) is 22.4 Å². The molecule has 8 heteroatoms. The lowest BCUT2D eigenvalue weighted by atomic mass is 9.69. The molecule has 1 atom stereocenters. The average molecular weight is 440 g/mol. The molecule has 0 saturated carbocycles. The molecule has 2 N–H and O–H groups in total. The van der Waals surface area contributed by atoms with E-state index >= 15 is 0 Å². The van der Waals surface area contributed by atoms with Crippen LogP contribution in [0.3, 0.4) is 0 Å². The first kappa shape index (κ1) is 20.2. The summed E-state index contributed by atoms with van der Waals surface area (Å²) in [6.07, 6.45) is 1.16. The minimum absolute atomic E-state index is 0.0621. The first-order valence-corrected chi connectivity index (χ1v) is 11.3. The number of fused-ring (bicyclic) bond motifs is 2. The van der Waals surface area contributed by atoms with Crippen LogP contribution < -0.4 is 20.3 Å². The van der Waals surface area contributed by atoms with E-state index in [1.54, 1.807) is 0 Å². The number of anilines is 1. The van der Waals surface area contributed by atoms with Crippen molar-refractivity contribution in [1.82, 2.24) is 9.97 Å². The molecule has 7 nitrogen and oxygen atoms in total. The zero-order valence-corrected chi connectivity index (χ0v) is 18.8. The van der Waals surface area contributed by atoms with E-state index in [1.807, 2.05) is 18.2 Å². The van der Waals surface area contributed by atoms with Crippen molar-refractivity contribution >= 4 is 23.4 Å². The monoisotopic (exact) mass is 439 g/mol. The van der Waals surface area contributed by atoms with E-state index in [1.165, 1.54) is 11.8 Å². The first-order chi connectivity index (χ1) is 14.7. The standard InChI is InChI=1S/C23H25N3O4S/c1-11(2)31-22-25-20-19(21(28)26-22)17(12-5-6-15-16(7-12)30-10-29-15)18-13(24-20)8-23(3,4)9-14(18)27/h5-7,11,17H,8-10H2,1-4H3,(H2,24,25,26,28). The number of carbonyl (C=O) groups excluding carboxylic acids is 1. The number of carbonyl (C=O) groups is 1. The molecule has 3 heterocycles. The lowest BCUT2D eigenvalue weighted by Crippen LogP contribution is -2.37. The number of nitrogens with one attached hydrogen (secondary N) is 2. The SMILES string of the molecule is CC(C)Sc1nc2c(c(=O)[nH]1)C(c1ccc3c(c1)OCO3)C1=C(CC(C)(C)CC1=O)N2. The molecule has 0 bridgehead atoms. The Morgan fingerprint density at radius 1 is 1.16 bits per heavy atom. The number of ketones is 1. The summed E-state index contributed by atoms with van der Waals surface area (Å²) in [5.41, 5.74) is 2.42. The van der Waals surface area contributed by atoms with Gasteiger partial charge in [-0.1, -0.05) is 45.5 Å². The number of hydrogen-bond acceptors (Lipinski definition) is 7. The lowest BCUT2D eigenvalue weighted by molar-refractivity contribution is -0.118. The van der Waals surface area contributed by atoms with Gasteiger partial charge in [0, 0.05) is 28.9 Å². The molecule has 0 radical (unpaired) electrons. The topological polar surface area (TPSA) is 93.3 Å². The Morgan fingerprint density at radius 3 is 2.71 bits per heavy atom. The molecule has 162 valence electrons. The number of ether oxygens (including phenoxy) is 2. The predicted molar refractivity (Wildman–Crippen MR) is 119 cm³/mol. The maximum absolute atomic E-state index is 13.3. The van der Waals surface area contributed by atoms with Gasteiger partial charge in [-0.25, -0.2) is 4.98 Å². The third-order valence-corrected chi connectivity index (χ3v) is 6.67. The molecule has 2 aromatic rings. The summed E-state index contributed by atoms with van der Waals surface area (Å²) in [6, 6.07) is 5.61. The van der Waals surface area contributed by atoms with Crippen LogP contribution in [0.25, 0.3) is 0 Å². The van der Waals surface area contributed by atoms with Gasteiger partial charge in [0.1, 0.15) is 5.82 Å². The van der Waals surface area contributed by atoms with E-state index in [9.17, 15) is 9.59 Å². The Hall–Kier alpha value is -2.74. The van der Waals surface area contributed by atoms with Crippen molar-refractivity contribution in [3.8, 4) is 11.5 Å². The van der Waals surface area contributed by atoms with E-state index in [4.69, 9.17) is 14.5 Å². The van der Waals surface area contributed by atoms with Crippen molar-refractivity contribution in [2.75, 3.05) is 12.1 Å². The molecular weight excluding hydrogens is 414 g/mol. The summed E-state index contributed by atoms with van der Waals surface area (Å²) in [5.74, 6) is 1.38. The molecule has 2 aliphatic heterocycles. The highest BCUT2D eigenvalue weighted by molar-refractivity contribution is 7.99. The highest BCUT2D eigenvalue weighted by Crippen LogP contribution is 2.49. The number of allylic oxidation sites excluding steroid dienone is 2. The number of benzene rings is 1. The van der Waals surface area contributed by atoms with Gasteiger partial charge < -0.3 is 19.8 Å². The summed E-state index contributed by atoms with van der Waals surface area (Å²) >= 11 is 1.50. The highest BCUT2D eigenvalue weighted by atomic mass is 32.2. The van der Waals surface area contributed by atoms with Gasteiger partial charge in [-0.15, -0.1) is 0 Å². The van der Waals surface area contributed by atoms with E-state index in [0.29, 0.717) is 40.0 Å². The fourth-order valence-corrected chi connectivity index (χ4v) is 5.34. The van der Waals surface area contributed by atoms with Gasteiger partial charge in [0.05, 0.1) is 5.56 Å². The van der Waals surface area contributed by atoms with Gasteiger partial charge >= 0.3 is 0 Å². The van der Waals surface area contributed by atoms with Gasteiger partial charge in [-0.3, -0.25) is 9.59 Å².